The van der Waals surface area contributed by atoms with Crippen LogP contribution in [-0.4, -0.2) is 28.5 Å². The standard InChI is InChI=1S/C7H8BFO3S/c1-13-7-5(10)3-2-4(6(7)9)8(11)12/h2-3,10-12H,1H3. The van der Waals surface area contributed by atoms with Gasteiger partial charge in [0.15, 0.2) is 0 Å². The highest BCUT2D eigenvalue weighted by atomic mass is 32.2. The highest BCUT2D eigenvalue weighted by molar-refractivity contribution is 7.98. The molecular weight excluding hydrogens is 194 g/mol. The molecule has 0 aliphatic heterocycles. The fourth-order valence-electron chi connectivity index (χ4n) is 0.955. The van der Waals surface area contributed by atoms with Crippen LogP contribution in [0.3, 0.4) is 0 Å². The molecule has 0 amide bonds. The van der Waals surface area contributed by atoms with E-state index in [1.54, 1.807) is 6.26 Å². The number of hydrogen-bond donors (Lipinski definition) is 3. The van der Waals surface area contributed by atoms with Crippen LogP contribution < -0.4 is 5.46 Å². The zero-order chi connectivity index (χ0) is 10.0. The lowest BCUT2D eigenvalue weighted by atomic mass is 9.80. The maximum absolute atomic E-state index is 13.3. The Morgan fingerprint density at radius 1 is 1.38 bits per heavy atom. The normalized spacial score (nSPS) is 10.2. The second-order valence-electron chi connectivity index (χ2n) is 2.39. The smallest absolute Gasteiger partial charge is 0.491 e. The summed E-state index contributed by atoms with van der Waals surface area (Å²) in [5, 5.41) is 26.7. The second-order valence-corrected chi connectivity index (χ2v) is 3.21. The molecule has 13 heavy (non-hydrogen) atoms. The van der Waals surface area contributed by atoms with Crippen molar-refractivity contribution in [3.63, 3.8) is 0 Å². The van der Waals surface area contributed by atoms with E-state index in [1.807, 2.05) is 0 Å². The zero-order valence-corrected chi connectivity index (χ0v) is 7.68. The van der Waals surface area contributed by atoms with Crippen molar-refractivity contribution in [1.82, 2.24) is 0 Å². The van der Waals surface area contributed by atoms with Gasteiger partial charge in [0, 0.05) is 5.46 Å². The van der Waals surface area contributed by atoms with Crippen LogP contribution in [-0.2, 0) is 0 Å². The first-order valence-corrected chi connectivity index (χ1v) is 4.72. The topological polar surface area (TPSA) is 60.7 Å². The molecule has 0 aromatic heterocycles. The number of hydrogen-bond acceptors (Lipinski definition) is 4. The van der Waals surface area contributed by atoms with E-state index in [1.165, 1.54) is 6.07 Å². The summed E-state index contributed by atoms with van der Waals surface area (Å²) in [5.41, 5.74) is -0.234. The minimum absolute atomic E-state index is 0.0191. The predicted octanol–water partition coefficient (Wildman–Crippen LogP) is -0.0670. The van der Waals surface area contributed by atoms with Gasteiger partial charge in [-0.1, -0.05) is 6.07 Å². The fraction of sp³-hybridized carbons (Fsp3) is 0.143. The van der Waals surface area contributed by atoms with Crippen molar-refractivity contribution in [3.05, 3.63) is 17.9 Å². The Balaban J connectivity index is 3.27. The van der Waals surface area contributed by atoms with Gasteiger partial charge in [0.25, 0.3) is 0 Å². The Labute approximate surface area is 79.4 Å². The highest BCUT2D eigenvalue weighted by Gasteiger charge is 2.20. The van der Waals surface area contributed by atoms with Gasteiger partial charge < -0.3 is 15.2 Å². The molecule has 0 atom stereocenters. The SMILES string of the molecule is CSc1c(O)ccc(B(O)O)c1F. The lowest BCUT2D eigenvalue weighted by Gasteiger charge is -2.07. The van der Waals surface area contributed by atoms with E-state index < -0.39 is 12.9 Å². The summed E-state index contributed by atoms with van der Waals surface area (Å²) in [4.78, 5) is 0.0191. The quantitative estimate of drug-likeness (QED) is 0.464. The third kappa shape index (κ3) is 1.96. The number of halogens is 1. The summed E-state index contributed by atoms with van der Waals surface area (Å²) in [5.74, 6) is -0.989. The molecular formula is C7H8BFO3S. The van der Waals surface area contributed by atoms with Gasteiger partial charge in [0.05, 0.1) is 4.90 Å². The maximum Gasteiger partial charge on any atom is 0.491 e. The molecule has 0 unspecified atom stereocenters. The molecule has 0 fully saturated rings. The highest BCUT2D eigenvalue weighted by Crippen LogP contribution is 2.27. The Morgan fingerprint density at radius 3 is 2.46 bits per heavy atom. The molecule has 0 heterocycles. The predicted molar refractivity (Wildman–Crippen MR) is 49.7 cm³/mol. The summed E-state index contributed by atoms with van der Waals surface area (Å²) in [7, 11) is -1.86. The van der Waals surface area contributed by atoms with Crippen molar-refractivity contribution >= 4 is 24.3 Å². The van der Waals surface area contributed by atoms with Crippen LogP contribution in [0.15, 0.2) is 17.0 Å². The van der Waals surface area contributed by atoms with Gasteiger partial charge in [0.1, 0.15) is 11.6 Å². The van der Waals surface area contributed by atoms with Crippen LogP contribution in [0.5, 0.6) is 5.75 Å². The number of phenolic OH excluding ortho intramolecular Hbond substituents is 1. The molecule has 70 valence electrons. The average molecular weight is 202 g/mol. The summed E-state index contributed by atoms with van der Waals surface area (Å²) >= 11 is 1.01. The van der Waals surface area contributed by atoms with Crippen LogP contribution >= 0.6 is 11.8 Å². The Hall–Kier alpha value is -0.715. The zero-order valence-electron chi connectivity index (χ0n) is 6.86. The molecule has 0 radical (unpaired) electrons. The lowest BCUT2D eigenvalue weighted by Crippen LogP contribution is -2.32. The van der Waals surface area contributed by atoms with Gasteiger partial charge in [-0.05, 0) is 12.3 Å². The van der Waals surface area contributed by atoms with Gasteiger partial charge in [-0.25, -0.2) is 4.39 Å². The molecule has 1 aromatic rings. The van der Waals surface area contributed by atoms with Crippen molar-refractivity contribution in [2.24, 2.45) is 0 Å². The molecule has 1 aromatic carbocycles. The summed E-state index contributed by atoms with van der Waals surface area (Å²) in [6, 6.07) is 2.36. The number of phenols is 1. The van der Waals surface area contributed by atoms with Gasteiger partial charge in [0.2, 0.25) is 0 Å². The van der Waals surface area contributed by atoms with E-state index in [0.717, 1.165) is 17.8 Å². The largest absolute Gasteiger partial charge is 0.507 e. The first kappa shape index (κ1) is 10.4. The van der Waals surface area contributed by atoms with Crippen LogP contribution in [0.2, 0.25) is 0 Å². The van der Waals surface area contributed by atoms with Crippen LogP contribution in [0.1, 0.15) is 0 Å². The van der Waals surface area contributed by atoms with E-state index in [4.69, 9.17) is 10.0 Å². The average Bonchev–Trinajstić information content (AvgIpc) is 2.04. The number of rotatable bonds is 2. The first-order valence-electron chi connectivity index (χ1n) is 3.49. The summed E-state index contributed by atoms with van der Waals surface area (Å²) in [6.07, 6.45) is 1.59. The van der Waals surface area contributed by atoms with Crippen LogP contribution in [0.4, 0.5) is 4.39 Å². The third-order valence-electron chi connectivity index (χ3n) is 1.59. The Kier molecular flexibility index (Phi) is 3.19. The molecule has 0 spiro atoms. The molecule has 6 heteroatoms. The van der Waals surface area contributed by atoms with Crippen molar-refractivity contribution in [2.75, 3.05) is 6.26 Å². The van der Waals surface area contributed by atoms with Gasteiger partial charge in [-0.3, -0.25) is 0 Å². The van der Waals surface area contributed by atoms with E-state index in [2.05, 4.69) is 0 Å². The molecule has 0 aliphatic carbocycles. The van der Waals surface area contributed by atoms with Crippen molar-refractivity contribution in [2.45, 2.75) is 4.90 Å². The van der Waals surface area contributed by atoms with E-state index in [9.17, 15) is 9.50 Å². The molecule has 0 bridgehead atoms. The molecule has 3 nitrogen and oxygen atoms in total. The number of thioether (sulfide) groups is 1. The van der Waals surface area contributed by atoms with Gasteiger partial charge >= 0.3 is 7.12 Å². The number of aromatic hydroxyl groups is 1. The van der Waals surface area contributed by atoms with E-state index in [-0.39, 0.29) is 16.1 Å². The Bertz CT molecular complexity index is 319. The summed E-state index contributed by atoms with van der Waals surface area (Å²) < 4.78 is 13.3. The number of benzene rings is 1. The monoisotopic (exact) mass is 202 g/mol. The fourth-order valence-corrected chi connectivity index (χ4v) is 1.53. The Morgan fingerprint density at radius 2 is 2.00 bits per heavy atom. The molecule has 0 saturated carbocycles. The van der Waals surface area contributed by atoms with Crippen LogP contribution in [0, 0.1) is 5.82 Å². The van der Waals surface area contributed by atoms with Gasteiger partial charge in [-0.15, -0.1) is 11.8 Å². The first-order chi connectivity index (χ1) is 6.07. The molecule has 0 saturated heterocycles. The second kappa shape index (κ2) is 4.00. The minimum atomic E-state index is -1.86. The van der Waals surface area contributed by atoms with E-state index >= 15 is 0 Å². The lowest BCUT2D eigenvalue weighted by molar-refractivity contribution is 0.420. The maximum atomic E-state index is 13.3. The molecule has 1 rings (SSSR count). The van der Waals surface area contributed by atoms with Crippen molar-refractivity contribution in [3.8, 4) is 5.75 Å². The summed E-state index contributed by atoms with van der Waals surface area (Å²) in [6.45, 7) is 0. The minimum Gasteiger partial charge on any atom is -0.507 e. The van der Waals surface area contributed by atoms with Crippen LogP contribution in [0.25, 0.3) is 0 Å². The van der Waals surface area contributed by atoms with Crippen molar-refractivity contribution < 1.29 is 19.5 Å². The molecule has 0 aliphatic rings. The third-order valence-corrected chi connectivity index (χ3v) is 2.39. The van der Waals surface area contributed by atoms with Gasteiger partial charge in [-0.2, -0.15) is 0 Å². The van der Waals surface area contributed by atoms with E-state index in [0.29, 0.717) is 0 Å². The van der Waals surface area contributed by atoms with Crippen molar-refractivity contribution in [1.29, 1.82) is 0 Å². The molecule has 3 N–H and O–H groups in total.